The Balaban J connectivity index is 1.48. The Labute approximate surface area is 176 Å². The molecule has 1 aliphatic heterocycles. The predicted molar refractivity (Wildman–Crippen MR) is 119 cm³/mol. The van der Waals surface area contributed by atoms with Crippen molar-refractivity contribution in [3.63, 3.8) is 0 Å². The molecule has 0 aliphatic carbocycles. The molecular weight excluding hydrogens is 372 g/mol. The number of rotatable bonds is 5. The molecule has 5 rings (SSSR count). The summed E-state index contributed by atoms with van der Waals surface area (Å²) in [5.41, 5.74) is 7.33. The Morgan fingerprint density at radius 3 is 2.63 bits per heavy atom. The van der Waals surface area contributed by atoms with Crippen LogP contribution in [0.25, 0.3) is 10.9 Å². The molecule has 0 spiro atoms. The average molecular weight is 399 g/mol. The van der Waals surface area contributed by atoms with Crippen LogP contribution in [0.4, 0.5) is 0 Å². The van der Waals surface area contributed by atoms with E-state index in [1.807, 2.05) is 17.9 Å². The third kappa shape index (κ3) is 2.93. The first-order valence-corrected chi connectivity index (χ1v) is 10.5. The van der Waals surface area contributed by atoms with Gasteiger partial charge in [-0.3, -0.25) is 9.89 Å². The quantitative estimate of drug-likeness (QED) is 0.491. The van der Waals surface area contributed by atoms with Crippen LogP contribution in [0, 0.1) is 6.92 Å². The Morgan fingerprint density at radius 2 is 1.87 bits per heavy atom. The molecule has 2 aromatic heterocycles. The summed E-state index contributed by atoms with van der Waals surface area (Å²) in [7, 11) is 0. The first kappa shape index (κ1) is 18.7. The van der Waals surface area contributed by atoms with E-state index in [4.69, 9.17) is 0 Å². The predicted octanol–water partition coefficient (Wildman–Crippen LogP) is 5.11. The fourth-order valence-electron chi connectivity index (χ4n) is 4.56. The van der Waals surface area contributed by atoms with E-state index >= 15 is 0 Å². The number of para-hydroxylation sites is 1. The summed E-state index contributed by atoms with van der Waals surface area (Å²) >= 11 is 0. The molecule has 0 saturated carbocycles. The fraction of sp³-hybridized carbons (Fsp3) is 0.280. The highest BCUT2D eigenvalue weighted by molar-refractivity contribution is 5.98. The molecule has 5 heteroatoms. The lowest BCUT2D eigenvalue weighted by Crippen LogP contribution is -2.31. The highest BCUT2D eigenvalue weighted by Gasteiger charge is 2.41. The van der Waals surface area contributed by atoms with Gasteiger partial charge in [0.05, 0.1) is 6.04 Å². The van der Waals surface area contributed by atoms with E-state index in [1.54, 1.807) is 0 Å². The number of aromatic nitrogens is 3. The zero-order chi connectivity index (χ0) is 20.8. The van der Waals surface area contributed by atoms with Crippen LogP contribution < -0.4 is 0 Å². The van der Waals surface area contributed by atoms with E-state index in [0.717, 1.165) is 28.8 Å². The zero-order valence-corrected chi connectivity index (χ0v) is 17.6. The maximum absolute atomic E-state index is 13.2. The molecule has 4 aromatic rings. The van der Waals surface area contributed by atoms with Gasteiger partial charge in [-0.1, -0.05) is 56.3 Å². The van der Waals surface area contributed by atoms with Gasteiger partial charge in [0.1, 0.15) is 0 Å². The van der Waals surface area contributed by atoms with Crippen molar-refractivity contribution in [1.82, 2.24) is 20.1 Å². The lowest BCUT2D eigenvalue weighted by molar-refractivity contribution is 0.0745. The summed E-state index contributed by atoms with van der Waals surface area (Å²) in [5, 5.41) is 8.55. The maximum Gasteiger partial charge on any atom is 0.275 e. The van der Waals surface area contributed by atoms with E-state index in [0.29, 0.717) is 18.2 Å². The summed E-state index contributed by atoms with van der Waals surface area (Å²) in [6.45, 7) is 7.03. The highest BCUT2D eigenvalue weighted by Crippen LogP contribution is 2.39. The van der Waals surface area contributed by atoms with Crippen LogP contribution in [-0.2, 0) is 6.42 Å². The van der Waals surface area contributed by atoms with Crippen molar-refractivity contribution < 1.29 is 4.79 Å². The van der Waals surface area contributed by atoms with Crippen molar-refractivity contribution in [2.45, 2.75) is 39.2 Å². The summed E-state index contributed by atoms with van der Waals surface area (Å²) in [6.07, 6.45) is 2.85. The van der Waals surface area contributed by atoms with Gasteiger partial charge in [-0.25, -0.2) is 0 Å². The molecule has 0 radical (unpaired) electrons. The first-order chi connectivity index (χ1) is 14.5. The molecule has 1 amide bonds. The van der Waals surface area contributed by atoms with Gasteiger partial charge in [-0.15, -0.1) is 0 Å². The molecule has 5 nitrogen and oxygen atoms in total. The second-order valence-corrected chi connectivity index (χ2v) is 8.44. The van der Waals surface area contributed by atoms with Crippen LogP contribution in [0.1, 0.15) is 64.2 Å². The molecule has 0 unspecified atom stereocenters. The van der Waals surface area contributed by atoms with Gasteiger partial charge in [0.2, 0.25) is 0 Å². The third-order valence-electron chi connectivity index (χ3n) is 6.26. The summed E-state index contributed by atoms with van der Waals surface area (Å²) in [5.74, 6) is 0.487. The monoisotopic (exact) mass is 398 g/mol. The van der Waals surface area contributed by atoms with Crippen LogP contribution in [-0.4, -0.2) is 32.5 Å². The number of aromatic amines is 2. The molecule has 0 saturated heterocycles. The summed E-state index contributed by atoms with van der Waals surface area (Å²) < 4.78 is 0. The number of hydrogen-bond donors (Lipinski definition) is 2. The smallest absolute Gasteiger partial charge is 0.275 e. The SMILES string of the molecule is Cc1[nH]nc2c1[C@@H](c1ccc(C(C)C)cc1)N(CCc1c[nH]c3ccccc13)C2=O. The van der Waals surface area contributed by atoms with Crippen LogP contribution in [0.15, 0.2) is 54.7 Å². The highest BCUT2D eigenvalue weighted by atomic mass is 16.2. The van der Waals surface area contributed by atoms with Gasteiger partial charge >= 0.3 is 0 Å². The zero-order valence-electron chi connectivity index (χ0n) is 17.6. The number of H-pyrrole nitrogens is 2. The lowest BCUT2D eigenvalue weighted by atomic mass is 9.95. The number of nitrogens with zero attached hydrogens (tertiary/aromatic N) is 2. The Morgan fingerprint density at radius 1 is 1.10 bits per heavy atom. The number of carbonyl (C=O) groups excluding carboxylic acids is 1. The van der Waals surface area contributed by atoms with Gasteiger partial charge in [-0.05, 0) is 42.0 Å². The molecule has 0 fully saturated rings. The first-order valence-electron chi connectivity index (χ1n) is 10.5. The topological polar surface area (TPSA) is 64.8 Å². The standard InChI is InChI=1S/C25H26N4O/c1-15(2)17-8-10-18(11-9-17)24-22-16(3)27-28-23(22)25(30)29(24)13-12-19-14-26-21-7-5-4-6-20(19)21/h4-11,14-15,24,26H,12-13H2,1-3H3,(H,27,28)/t24-/m1/s1. The molecule has 1 atom stereocenters. The van der Waals surface area contributed by atoms with Gasteiger partial charge in [0.15, 0.2) is 5.69 Å². The van der Waals surface area contributed by atoms with E-state index in [1.165, 1.54) is 16.5 Å². The summed E-state index contributed by atoms with van der Waals surface area (Å²) in [6, 6.07) is 16.9. The minimum absolute atomic E-state index is 0.00660. The fourth-order valence-corrected chi connectivity index (χ4v) is 4.56. The van der Waals surface area contributed by atoms with Gasteiger partial charge in [-0.2, -0.15) is 5.10 Å². The number of benzene rings is 2. The number of nitrogens with one attached hydrogen (secondary N) is 2. The number of fused-ring (bicyclic) bond motifs is 2. The number of hydrogen-bond acceptors (Lipinski definition) is 2. The van der Waals surface area contributed by atoms with E-state index in [2.05, 4.69) is 77.7 Å². The van der Waals surface area contributed by atoms with Gasteiger partial charge in [0, 0.05) is 34.9 Å². The van der Waals surface area contributed by atoms with E-state index in [9.17, 15) is 4.79 Å². The molecule has 2 aromatic carbocycles. The number of aryl methyl sites for hydroxylation is 1. The minimum atomic E-state index is -0.0994. The largest absolute Gasteiger partial charge is 0.361 e. The molecule has 152 valence electrons. The van der Waals surface area contributed by atoms with Crippen LogP contribution in [0.2, 0.25) is 0 Å². The van der Waals surface area contributed by atoms with E-state index in [-0.39, 0.29) is 11.9 Å². The molecular formula is C25H26N4O. The Hall–Kier alpha value is -3.34. The second-order valence-electron chi connectivity index (χ2n) is 8.44. The van der Waals surface area contributed by atoms with Crippen molar-refractivity contribution in [1.29, 1.82) is 0 Å². The number of carbonyl (C=O) groups is 1. The maximum atomic E-state index is 13.2. The summed E-state index contributed by atoms with van der Waals surface area (Å²) in [4.78, 5) is 18.5. The Bertz CT molecular complexity index is 1220. The Kier molecular flexibility index (Phi) is 4.46. The van der Waals surface area contributed by atoms with E-state index < -0.39 is 0 Å². The van der Waals surface area contributed by atoms with Crippen molar-refractivity contribution in [3.05, 3.63) is 88.4 Å². The van der Waals surface area contributed by atoms with Crippen molar-refractivity contribution in [3.8, 4) is 0 Å². The molecule has 3 heterocycles. The minimum Gasteiger partial charge on any atom is -0.361 e. The molecule has 0 bridgehead atoms. The normalized spacial score (nSPS) is 16.1. The van der Waals surface area contributed by atoms with Crippen LogP contribution in [0.3, 0.4) is 0 Å². The van der Waals surface area contributed by atoms with Crippen molar-refractivity contribution in [2.75, 3.05) is 6.54 Å². The van der Waals surface area contributed by atoms with Gasteiger partial charge in [0.25, 0.3) is 5.91 Å². The van der Waals surface area contributed by atoms with Crippen molar-refractivity contribution >= 4 is 16.8 Å². The second kappa shape index (κ2) is 7.17. The third-order valence-corrected chi connectivity index (χ3v) is 6.26. The number of amides is 1. The van der Waals surface area contributed by atoms with Crippen LogP contribution in [0.5, 0.6) is 0 Å². The van der Waals surface area contributed by atoms with Gasteiger partial charge < -0.3 is 9.88 Å². The van der Waals surface area contributed by atoms with Crippen molar-refractivity contribution in [2.24, 2.45) is 0 Å². The molecule has 2 N–H and O–H groups in total. The molecule has 30 heavy (non-hydrogen) atoms. The molecule has 1 aliphatic rings. The lowest BCUT2D eigenvalue weighted by Gasteiger charge is -2.26. The van der Waals surface area contributed by atoms with Crippen LogP contribution >= 0.6 is 0 Å². The average Bonchev–Trinajstić information content (AvgIpc) is 3.41.